The van der Waals surface area contributed by atoms with Gasteiger partial charge in [0.2, 0.25) is 0 Å². The van der Waals surface area contributed by atoms with Crippen LogP contribution in [0.5, 0.6) is 0 Å². The number of aromatic nitrogens is 2. The standard InChI is InChI=1S/C10H10BrFN4O2S/c1-16-5-9(10(13)14-16)19(17,18)15-8-4-6(11)2-3-7(8)12/h2-5,15H,1H3,(H2,13,14). The lowest BCUT2D eigenvalue weighted by atomic mass is 10.3. The van der Waals surface area contributed by atoms with Crippen LogP contribution in [0.3, 0.4) is 0 Å². The first-order chi connectivity index (χ1) is 8.79. The topological polar surface area (TPSA) is 90.0 Å². The van der Waals surface area contributed by atoms with Crippen molar-refractivity contribution < 1.29 is 12.8 Å². The molecule has 0 radical (unpaired) electrons. The summed E-state index contributed by atoms with van der Waals surface area (Å²) in [5, 5.41) is 3.73. The van der Waals surface area contributed by atoms with Crippen molar-refractivity contribution in [1.29, 1.82) is 0 Å². The molecule has 0 aliphatic rings. The van der Waals surface area contributed by atoms with Gasteiger partial charge < -0.3 is 5.73 Å². The molecule has 0 atom stereocenters. The van der Waals surface area contributed by atoms with Gasteiger partial charge in [-0.15, -0.1) is 0 Å². The number of nitrogens with one attached hydrogen (secondary N) is 1. The molecule has 3 N–H and O–H groups in total. The summed E-state index contributed by atoms with van der Waals surface area (Å²) in [6.45, 7) is 0. The second kappa shape index (κ2) is 4.82. The molecule has 0 amide bonds. The maximum Gasteiger partial charge on any atom is 0.267 e. The van der Waals surface area contributed by atoms with Crippen LogP contribution < -0.4 is 10.5 Å². The predicted molar refractivity (Wildman–Crippen MR) is 72.5 cm³/mol. The van der Waals surface area contributed by atoms with Gasteiger partial charge in [0.1, 0.15) is 10.7 Å². The molecule has 0 unspecified atom stereocenters. The maximum atomic E-state index is 13.5. The number of anilines is 2. The number of halogens is 2. The van der Waals surface area contributed by atoms with Crippen LogP contribution in [0.1, 0.15) is 0 Å². The Labute approximate surface area is 117 Å². The summed E-state index contributed by atoms with van der Waals surface area (Å²) >= 11 is 3.14. The molecule has 1 heterocycles. The minimum atomic E-state index is -3.98. The van der Waals surface area contributed by atoms with Crippen molar-refractivity contribution in [2.45, 2.75) is 4.90 Å². The van der Waals surface area contributed by atoms with Gasteiger partial charge in [-0.05, 0) is 18.2 Å². The van der Waals surface area contributed by atoms with Crippen molar-refractivity contribution in [3.8, 4) is 0 Å². The van der Waals surface area contributed by atoms with E-state index < -0.39 is 15.8 Å². The quantitative estimate of drug-likeness (QED) is 0.883. The highest BCUT2D eigenvalue weighted by molar-refractivity contribution is 9.10. The number of rotatable bonds is 3. The number of hydrogen-bond acceptors (Lipinski definition) is 4. The summed E-state index contributed by atoms with van der Waals surface area (Å²) in [5.41, 5.74) is 5.33. The smallest absolute Gasteiger partial charge is 0.267 e. The fraction of sp³-hybridized carbons (Fsp3) is 0.100. The minimum Gasteiger partial charge on any atom is -0.381 e. The zero-order chi connectivity index (χ0) is 14.2. The molecule has 0 bridgehead atoms. The van der Waals surface area contributed by atoms with E-state index in [1.807, 2.05) is 0 Å². The highest BCUT2D eigenvalue weighted by Crippen LogP contribution is 2.24. The van der Waals surface area contributed by atoms with E-state index in [4.69, 9.17) is 5.73 Å². The third-order valence-corrected chi connectivity index (χ3v) is 4.16. The summed E-state index contributed by atoms with van der Waals surface area (Å²) < 4.78 is 41.6. The number of nitrogens with zero attached hydrogens (tertiary/aromatic N) is 2. The molecule has 2 aromatic rings. The number of benzene rings is 1. The molecule has 6 nitrogen and oxygen atoms in total. The van der Waals surface area contributed by atoms with Crippen molar-refractivity contribution in [3.05, 3.63) is 34.7 Å². The molecule has 0 fully saturated rings. The lowest BCUT2D eigenvalue weighted by molar-refractivity contribution is 0.598. The Morgan fingerprint density at radius 2 is 2.16 bits per heavy atom. The average Bonchev–Trinajstić information content (AvgIpc) is 2.63. The lowest BCUT2D eigenvalue weighted by Gasteiger charge is -2.08. The monoisotopic (exact) mass is 348 g/mol. The number of hydrogen-bond donors (Lipinski definition) is 2. The van der Waals surface area contributed by atoms with Crippen LogP contribution in [0.4, 0.5) is 15.9 Å². The second-order valence-electron chi connectivity index (χ2n) is 3.78. The normalized spacial score (nSPS) is 11.5. The average molecular weight is 349 g/mol. The molecule has 0 saturated heterocycles. The number of aryl methyl sites for hydroxylation is 1. The molecule has 0 aliphatic carbocycles. The Morgan fingerprint density at radius 1 is 1.47 bits per heavy atom. The van der Waals surface area contributed by atoms with E-state index in [2.05, 4.69) is 25.8 Å². The highest BCUT2D eigenvalue weighted by atomic mass is 79.9. The summed E-state index contributed by atoms with van der Waals surface area (Å²) in [6, 6.07) is 3.93. The molecule has 0 spiro atoms. The Balaban J connectivity index is 2.42. The number of nitrogen functional groups attached to an aromatic ring is 1. The third kappa shape index (κ3) is 2.87. The fourth-order valence-corrected chi connectivity index (χ4v) is 2.99. The van der Waals surface area contributed by atoms with Crippen LogP contribution in [0, 0.1) is 5.82 Å². The van der Waals surface area contributed by atoms with Gasteiger partial charge in [0.25, 0.3) is 10.0 Å². The largest absolute Gasteiger partial charge is 0.381 e. The SMILES string of the molecule is Cn1cc(S(=O)(=O)Nc2cc(Br)ccc2F)c(N)n1. The summed E-state index contributed by atoms with van der Waals surface area (Å²) in [7, 11) is -2.44. The van der Waals surface area contributed by atoms with E-state index in [1.165, 1.54) is 30.1 Å². The van der Waals surface area contributed by atoms with E-state index in [-0.39, 0.29) is 16.4 Å². The van der Waals surface area contributed by atoms with Crippen LogP contribution in [0.2, 0.25) is 0 Å². The van der Waals surface area contributed by atoms with Gasteiger partial charge in [-0.1, -0.05) is 15.9 Å². The van der Waals surface area contributed by atoms with Crippen molar-refractivity contribution in [1.82, 2.24) is 9.78 Å². The lowest BCUT2D eigenvalue weighted by Crippen LogP contribution is -2.14. The zero-order valence-electron chi connectivity index (χ0n) is 9.76. The predicted octanol–water partition coefficient (Wildman–Crippen LogP) is 1.70. The molecule has 0 saturated carbocycles. The van der Waals surface area contributed by atoms with Gasteiger partial charge in [-0.3, -0.25) is 9.40 Å². The first kappa shape index (κ1) is 13.8. The van der Waals surface area contributed by atoms with Gasteiger partial charge in [0, 0.05) is 17.7 Å². The van der Waals surface area contributed by atoms with Crippen LogP contribution in [0.15, 0.2) is 33.8 Å². The van der Waals surface area contributed by atoms with Crippen molar-refractivity contribution >= 4 is 37.5 Å². The maximum absolute atomic E-state index is 13.5. The number of nitrogens with two attached hydrogens (primary N) is 1. The third-order valence-electron chi connectivity index (χ3n) is 2.28. The van der Waals surface area contributed by atoms with Gasteiger partial charge >= 0.3 is 0 Å². The van der Waals surface area contributed by atoms with Gasteiger partial charge in [-0.25, -0.2) is 12.8 Å². The number of sulfonamides is 1. The Hall–Kier alpha value is -1.61. The molecule has 2 rings (SSSR count). The van der Waals surface area contributed by atoms with Crippen LogP contribution in [-0.4, -0.2) is 18.2 Å². The second-order valence-corrected chi connectivity index (χ2v) is 6.35. The van der Waals surface area contributed by atoms with Crippen molar-refractivity contribution in [3.63, 3.8) is 0 Å². The van der Waals surface area contributed by atoms with E-state index >= 15 is 0 Å². The minimum absolute atomic E-state index is 0.148. The molecule has 1 aromatic heterocycles. The Morgan fingerprint density at radius 3 is 2.74 bits per heavy atom. The summed E-state index contributed by atoms with van der Waals surface area (Å²) in [6.07, 6.45) is 1.24. The molecule has 102 valence electrons. The van der Waals surface area contributed by atoms with E-state index in [0.29, 0.717) is 4.47 Å². The van der Waals surface area contributed by atoms with Crippen molar-refractivity contribution in [2.24, 2.45) is 7.05 Å². The van der Waals surface area contributed by atoms with E-state index in [1.54, 1.807) is 0 Å². The van der Waals surface area contributed by atoms with Crippen LogP contribution in [-0.2, 0) is 17.1 Å². The van der Waals surface area contributed by atoms with Gasteiger partial charge in [0.15, 0.2) is 5.82 Å². The van der Waals surface area contributed by atoms with Gasteiger partial charge in [0.05, 0.1) is 5.69 Å². The van der Waals surface area contributed by atoms with Gasteiger partial charge in [-0.2, -0.15) is 5.10 Å². The Kier molecular flexibility index (Phi) is 3.50. The first-order valence-corrected chi connectivity index (χ1v) is 7.34. The van der Waals surface area contributed by atoms with Crippen molar-refractivity contribution in [2.75, 3.05) is 10.5 Å². The first-order valence-electron chi connectivity index (χ1n) is 5.06. The Bertz CT molecular complexity index is 729. The highest BCUT2D eigenvalue weighted by Gasteiger charge is 2.22. The van der Waals surface area contributed by atoms with Crippen LogP contribution in [0.25, 0.3) is 0 Å². The summed E-state index contributed by atoms with van der Waals surface area (Å²) in [5.74, 6) is -0.834. The summed E-state index contributed by atoms with van der Waals surface area (Å²) in [4.78, 5) is -0.200. The molecule has 0 aliphatic heterocycles. The van der Waals surface area contributed by atoms with E-state index in [9.17, 15) is 12.8 Å². The molecule has 9 heteroatoms. The van der Waals surface area contributed by atoms with Crippen LogP contribution >= 0.6 is 15.9 Å². The molecule has 1 aromatic carbocycles. The fourth-order valence-electron chi connectivity index (χ4n) is 1.47. The molecule has 19 heavy (non-hydrogen) atoms. The zero-order valence-corrected chi connectivity index (χ0v) is 12.2. The molecular formula is C10H10BrFN4O2S. The molecular weight excluding hydrogens is 339 g/mol. The van der Waals surface area contributed by atoms with E-state index in [0.717, 1.165) is 6.07 Å².